The first kappa shape index (κ1) is 19.3. The van der Waals surface area contributed by atoms with Crippen LogP contribution in [-0.4, -0.2) is 40.9 Å². The molecule has 0 aliphatic carbocycles. The van der Waals surface area contributed by atoms with E-state index in [9.17, 15) is 9.18 Å². The number of rotatable bonds is 6. The van der Waals surface area contributed by atoms with Crippen molar-refractivity contribution in [3.05, 3.63) is 47.0 Å². The zero-order chi connectivity index (χ0) is 19.2. The molecule has 1 aromatic heterocycles. The predicted molar refractivity (Wildman–Crippen MR) is 106 cm³/mol. The minimum absolute atomic E-state index is 0.155. The van der Waals surface area contributed by atoms with Gasteiger partial charge in [-0.1, -0.05) is 17.8 Å². The highest BCUT2D eigenvalue weighted by Gasteiger charge is 2.15. The summed E-state index contributed by atoms with van der Waals surface area (Å²) in [7, 11) is 0. The van der Waals surface area contributed by atoms with Gasteiger partial charge in [-0.3, -0.25) is 4.79 Å². The van der Waals surface area contributed by atoms with Crippen molar-refractivity contribution in [2.75, 3.05) is 23.7 Å². The van der Waals surface area contributed by atoms with E-state index in [4.69, 9.17) is 0 Å². The lowest BCUT2D eigenvalue weighted by atomic mass is 10.2. The number of carbonyl (C=O) groups excluding carboxylic acids is 1. The Morgan fingerprint density at radius 2 is 1.96 bits per heavy atom. The topological polar surface area (TPSA) is 70.5 Å². The molecule has 2 aromatic rings. The van der Waals surface area contributed by atoms with E-state index in [0.29, 0.717) is 16.4 Å². The number of hydrogen-bond donors (Lipinski definition) is 1. The molecule has 0 atom stereocenters. The van der Waals surface area contributed by atoms with Crippen molar-refractivity contribution < 1.29 is 9.18 Å². The highest BCUT2D eigenvalue weighted by Crippen LogP contribution is 2.24. The van der Waals surface area contributed by atoms with Gasteiger partial charge < -0.3 is 4.90 Å². The molecule has 6 nitrogen and oxygen atoms in total. The van der Waals surface area contributed by atoms with Crippen molar-refractivity contribution in [3.63, 3.8) is 0 Å². The average Bonchev–Trinajstić information content (AvgIpc) is 3.13. The van der Waals surface area contributed by atoms with E-state index in [1.807, 2.05) is 24.8 Å². The van der Waals surface area contributed by atoms with Crippen LogP contribution in [0.2, 0.25) is 0 Å². The molecule has 1 saturated heterocycles. The molecule has 142 valence electrons. The van der Waals surface area contributed by atoms with Crippen LogP contribution in [0.1, 0.15) is 29.8 Å². The number of nitrogens with one attached hydrogen (secondary N) is 1. The summed E-state index contributed by atoms with van der Waals surface area (Å²) in [5.74, 6) is -0.384. The van der Waals surface area contributed by atoms with Crippen LogP contribution in [0.15, 0.2) is 34.5 Å². The monoisotopic (exact) mass is 387 g/mol. The van der Waals surface area contributed by atoms with Gasteiger partial charge in [-0.2, -0.15) is 5.10 Å². The second-order valence-electron chi connectivity index (χ2n) is 6.42. The van der Waals surface area contributed by atoms with Gasteiger partial charge >= 0.3 is 0 Å². The summed E-state index contributed by atoms with van der Waals surface area (Å²) in [5, 5.41) is 4.46. The number of hydrazone groups is 1. The summed E-state index contributed by atoms with van der Waals surface area (Å²) < 4.78 is 14.3. The maximum atomic E-state index is 14.3. The fourth-order valence-electron chi connectivity index (χ4n) is 2.92. The smallest absolute Gasteiger partial charge is 0.250 e. The molecule has 1 fully saturated rings. The molecule has 2 heterocycles. The fourth-order valence-corrected chi connectivity index (χ4v) is 3.66. The van der Waals surface area contributed by atoms with Crippen molar-refractivity contribution in [1.82, 2.24) is 15.4 Å². The van der Waals surface area contributed by atoms with Crippen LogP contribution < -0.4 is 10.3 Å². The summed E-state index contributed by atoms with van der Waals surface area (Å²) in [6.07, 6.45) is 3.63. The second-order valence-corrected chi connectivity index (χ2v) is 7.36. The highest BCUT2D eigenvalue weighted by atomic mass is 32.2. The van der Waals surface area contributed by atoms with E-state index in [2.05, 4.69) is 20.5 Å². The number of carbonyl (C=O) groups is 1. The summed E-state index contributed by atoms with van der Waals surface area (Å²) >= 11 is 1.25. The molecular weight excluding hydrogens is 365 g/mol. The standard InChI is InChI=1S/C19H22FN5OS/c1-13-9-14(2)23-19(22-13)27-12-18(26)24-21-11-15-5-6-17(16(20)10-15)25-7-3-4-8-25/h5-6,9-11H,3-4,7-8,12H2,1-2H3,(H,24,26)/b21-11-. The molecule has 27 heavy (non-hydrogen) atoms. The van der Waals surface area contributed by atoms with Gasteiger partial charge in [0, 0.05) is 24.5 Å². The van der Waals surface area contributed by atoms with Crippen molar-refractivity contribution >= 4 is 29.6 Å². The zero-order valence-corrected chi connectivity index (χ0v) is 16.2. The molecule has 1 amide bonds. The van der Waals surface area contributed by atoms with E-state index in [-0.39, 0.29) is 17.5 Å². The lowest BCUT2D eigenvalue weighted by Gasteiger charge is -2.18. The van der Waals surface area contributed by atoms with Gasteiger partial charge in [-0.25, -0.2) is 19.8 Å². The average molecular weight is 387 g/mol. The minimum Gasteiger partial charge on any atom is -0.369 e. The Bertz CT molecular complexity index is 832. The fraction of sp³-hybridized carbons (Fsp3) is 0.368. The molecule has 0 unspecified atom stereocenters. The van der Waals surface area contributed by atoms with Crippen molar-refractivity contribution in [3.8, 4) is 0 Å². The minimum atomic E-state index is -0.270. The molecule has 0 saturated carbocycles. The maximum Gasteiger partial charge on any atom is 0.250 e. The molecule has 8 heteroatoms. The van der Waals surface area contributed by atoms with Crippen LogP contribution in [0.5, 0.6) is 0 Å². The number of thioether (sulfide) groups is 1. The van der Waals surface area contributed by atoms with Gasteiger partial charge in [-0.05, 0) is 50.5 Å². The Labute approximate surface area is 162 Å². The zero-order valence-electron chi connectivity index (χ0n) is 15.4. The summed E-state index contributed by atoms with van der Waals surface area (Å²) in [6.45, 7) is 5.55. The van der Waals surface area contributed by atoms with Crippen LogP contribution in [0.4, 0.5) is 10.1 Å². The first-order valence-corrected chi connectivity index (χ1v) is 9.81. The number of nitrogens with zero attached hydrogens (tertiary/aromatic N) is 4. The molecule has 1 N–H and O–H groups in total. The Morgan fingerprint density at radius 3 is 2.63 bits per heavy atom. The van der Waals surface area contributed by atoms with Gasteiger partial charge in [-0.15, -0.1) is 0 Å². The van der Waals surface area contributed by atoms with Crippen LogP contribution >= 0.6 is 11.8 Å². The molecule has 1 aliphatic heterocycles. The van der Waals surface area contributed by atoms with E-state index in [1.54, 1.807) is 12.1 Å². The maximum absolute atomic E-state index is 14.3. The number of hydrogen-bond acceptors (Lipinski definition) is 6. The van der Waals surface area contributed by atoms with E-state index < -0.39 is 0 Å². The lowest BCUT2D eigenvalue weighted by molar-refractivity contribution is -0.118. The van der Waals surface area contributed by atoms with E-state index in [1.165, 1.54) is 24.0 Å². The Balaban J connectivity index is 1.50. The van der Waals surface area contributed by atoms with Gasteiger partial charge in [0.25, 0.3) is 5.91 Å². The van der Waals surface area contributed by atoms with Crippen molar-refractivity contribution in [2.24, 2.45) is 5.10 Å². The molecule has 0 spiro atoms. The number of aromatic nitrogens is 2. The molecule has 3 rings (SSSR count). The Hall–Kier alpha value is -2.48. The molecule has 1 aliphatic rings. The first-order valence-electron chi connectivity index (χ1n) is 8.83. The molecular formula is C19H22FN5OS. The number of halogens is 1. The number of benzene rings is 1. The van der Waals surface area contributed by atoms with Crippen LogP contribution in [0, 0.1) is 19.7 Å². The molecule has 0 bridgehead atoms. The van der Waals surface area contributed by atoms with Crippen molar-refractivity contribution in [1.29, 1.82) is 0 Å². The van der Waals surface area contributed by atoms with Crippen LogP contribution in [0.3, 0.4) is 0 Å². The predicted octanol–water partition coefficient (Wildman–Crippen LogP) is 3.08. The van der Waals surface area contributed by atoms with E-state index >= 15 is 0 Å². The Morgan fingerprint density at radius 1 is 1.26 bits per heavy atom. The SMILES string of the molecule is Cc1cc(C)nc(SCC(=O)N/N=C\c2ccc(N3CCCC3)c(F)c2)n1. The quantitative estimate of drug-likeness (QED) is 0.357. The number of anilines is 1. The van der Waals surface area contributed by atoms with Gasteiger partial charge in [0.1, 0.15) is 5.82 Å². The summed E-state index contributed by atoms with van der Waals surface area (Å²) in [5.41, 5.74) is 5.39. The van der Waals surface area contributed by atoms with Gasteiger partial charge in [0.2, 0.25) is 0 Å². The van der Waals surface area contributed by atoms with Crippen molar-refractivity contribution in [2.45, 2.75) is 31.8 Å². The van der Waals surface area contributed by atoms with Crippen LogP contribution in [-0.2, 0) is 4.79 Å². The highest BCUT2D eigenvalue weighted by molar-refractivity contribution is 7.99. The third-order valence-corrected chi connectivity index (χ3v) is 4.96. The largest absolute Gasteiger partial charge is 0.369 e. The third-order valence-electron chi connectivity index (χ3n) is 4.12. The van der Waals surface area contributed by atoms with E-state index in [0.717, 1.165) is 37.3 Å². The van der Waals surface area contributed by atoms with Crippen LogP contribution in [0.25, 0.3) is 0 Å². The number of amides is 1. The third kappa shape index (κ3) is 5.50. The Kier molecular flexibility index (Phi) is 6.39. The lowest BCUT2D eigenvalue weighted by Crippen LogP contribution is -2.20. The van der Waals surface area contributed by atoms with Gasteiger partial charge in [0.15, 0.2) is 5.16 Å². The summed E-state index contributed by atoms with van der Waals surface area (Å²) in [6, 6.07) is 6.87. The first-order chi connectivity index (χ1) is 13.0. The summed E-state index contributed by atoms with van der Waals surface area (Å²) in [4.78, 5) is 22.5. The van der Waals surface area contributed by atoms with Gasteiger partial charge in [0.05, 0.1) is 17.7 Å². The normalized spacial score (nSPS) is 14.1. The molecule has 1 aromatic carbocycles. The second kappa shape index (κ2) is 8.94. The number of aryl methyl sites for hydroxylation is 2. The molecule has 0 radical (unpaired) electrons.